The number of ether oxygens (including phenoxy) is 1. The number of rotatable bonds is 6. The number of amides is 1. The second kappa shape index (κ2) is 8.78. The first-order chi connectivity index (χ1) is 13.8. The average Bonchev–Trinajstić information content (AvgIpc) is 2.69. The van der Waals surface area contributed by atoms with Crippen molar-refractivity contribution in [3.63, 3.8) is 0 Å². The first-order valence-corrected chi connectivity index (χ1v) is 9.76. The van der Waals surface area contributed by atoms with Crippen LogP contribution in [0.1, 0.15) is 48.3 Å². The summed E-state index contributed by atoms with van der Waals surface area (Å²) in [7, 11) is 0. The summed E-state index contributed by atoms with van der Waals surface area (Å²) in [4.78, 5) is 16.5. The molecular formula is C24H27N3O2. The summed E-state index contributed by atoms with van der Waals surface area (Å²) in [6.45, 7) is 8.48. The van der Waals surface area contributed by atoms with Gasteiger partial charge in [0, 0.05) is 11.4 Å². The molecule has 5 heteroatoms. The van der Waals surface area contributed by atoms with E-state index in [1.165, 1.54) is 5.56 Å². The first kappa shape index (κ1) is 20.4. The number of carbonyl (C=O) groups is 1. The van der Waals surface area contributed by atoms with Gasteiger partial charge in [-0.3, -0.25) is 4.79 Å². The average molecular weight is 389 g/mol. The predicted molar refractivity (Wildman–Crippen MR) is 118 cm³/mol. The van der Waals surface area contributed by atoms with Crippen molar-refractivity contribution in [3.8, 4) is 11.5 Å². The normalized spacial score (nSPS) is 11.9. The second-order valence-electron chi connectivity index (χ2n) is 7.57. The third-order valence-electron chi connectivity index (χ3n) is 5.04. The van der Waals surface area contributed by atoms with Gasteiger partial charge >= 0.3 is 0 Å². The van der Waals surface area contributed by atoms with Crippen LogP contribution in [0.25, 0.3) is 0 Å². The standard InChI is InChI=1S/C24H27N3O2/c1-15(2)17(4)18-6-5-7-21(14-18)29-20-11-9-19(10-12-20)27-24(28)22-13-8-16(3)26-23(22)25/h5-15,17H,1-4H3,(H2,25,26)(H,27,28). The molecule has 0 aliphatic heterocycles. The number of benzene rings is 2. The number of hydrogen-bond acceptors (Lipinski definition) is 4. The molecule has 1 heterocycles. The van der Waals surface area contributed by atoms with Gasteiger partial charge in [0.2, 0.25) is 0 Å². The number of pyridine rings is 1. The van der Waals surface area contributed by atoms with Crippen LogP contribution in [0.2, 0.25) is 0 Å². The Labute approximate surface area is 171 Å². The molecule has 3 aromatic rings. The summed E-state index contributed by atoms with van der Waals surface area (Å²) in [6, 6.07) is 18.8. The number of aryl methyl sites for hydroxylation is 1. The Morgan fingerprint density at radius 2 is 1.72 bits per heavy atom. The molecule has 1 aromatic heterocycles. The zero-order valence-electron chi connectivity index (χ0n) is 17.3. The summed E-state index contributed by atoms with van der Waals surface area (Å²) in [6.07, 6.45) is 0. The van der Waals surface area contributed by atoms with Crippen molar-refractivity contribution < 1.29 is 9.53 Å². The van der Waals surface area contributed by atoms with Gasteiger partial charge in [0.25, 0.3) is 5.91 Å². The van der Waals surface area contributed by atoms with Crippen molar-refractivity contribution in [2.45, 2.75) is 33.6 Å². The highest BCUT2D eigenvalue weighted by atomic mass is 16.5. The maximum atomic E-state index is 12.4. The van der Waals surface area contributed by atoms with Crippen LogP contribution in [0.3, 0.4) is 0 Å². The van der Waals surface area contributed by atoms with Crippen LogP contribution in [0.4, 0.5) is 11.5 Å². The third-order valence-corrected chi connectivity index (χ3v) is 5.04. The Morgan fingerprint density at radius 3 is 2.38 bits per heavy atom. The summed E-state index contributed by atoms with van der Waals surface area (Å²) in [5, 5.41) is 2.83. The van der Waals surface area contributed by atoms with Crippen LogP contribution in [0, 0.1) is 12.8 Å². The Hall–Kier alpha value is -3.34. The van der Waals surface area contributed by atoms with E-state index in [1.54, 1.807) is 24.3 Å². The number of aromatic nitrogens is 1. The van der Waals surface area contributed by atoms with Crippen molar-refractivity contribution >= 4 is 17.4 Å². The largest absolute Gasteiger partial charge is 0.457 e. The van der Waals surface area contributed by atoms with E-state index in [-0.39, 0.29) is 11.7 Å². The molecule has 0 bridgehead atoms. The topological polar surface area (TPSA) is 77.2 Å². The molecule has 2 aromatic carbocycles. The molecule has 0 saturated carbocycles. The highest BCUT2D eigenvalue weighted by molar-refractivity contribution is 6.07. The lowest BCUT2D eigenvalue weighted by atomic mass is 9.90. The Bertz CT molecular complexity index is 997. The molecule has 0 aliphatic rings. The van der Waals surface area contributed by atoms with Gasteiger partial charge < -0.3 is 15.8 Å². The van der Waals surface area contributed by atoms with Crippen molar-refractivity contribution in [2.75, 3.05) is 11.1 Å². The van der Waals surface area contributed by atoms with E-state index in [0.29, 0.717) is 28.8 Å². The van der Waals surface area contributed by atoms with E-state index in [9.17, 15) is 4.79 Å². The zero-order chi connectivity index (χ0) is 21.0. The number of nitrogens with two attached hydrogens (primary N) is 1. The maximum absolute atomic E-state index is 12.4. The van der Waals surface area contributed by atoms with Crippen LogP contribution >= 0.6 is 0 Å². The number of nitrogens with zero attached hydrogens (tertiary/aromatic N) is 1. The van der Waals surface area contributed by atoms with E-state index in [0.717, 1.165) is 11.4 Å². The van der Waals surface area contributed by atoms with E-state index >= 15 is 0 Å². The quantitative estimate of drug-likeness (QED) is 0.560. The number of nitrogens with one attached hydrogen (secondary N) is 1. The lowest BCUT2D eigenvalue weighted by Gasteiger charge is -2.17. The van der Waals surface area contributed by atoms with Crippen LogP contribution in [-0.2, 0) is 0 Å². The zero-order valence-corrected chi connectivity index (χ0v) is 17.3. The molecule has 0 aliphatic carbocycles. The van der Waals surface area contributed by atoms with Crippen LogP contribution in [0.5, 0.6) is 11.5 Å². The van der Waals surface area contributed by atoms with Crippen molar-refractivity contribution in [2.24, 2.45) is 5.92 Å². The highest BCUT2D eigenvalue weighted by Gasteiger charge is 2.12. The van der Waals surface area contributed by atoms with Crippen molar-refractivity contribution in [1.29, 1.82) is 0 Å². The molecule has 0 fully saturated rings. The Balaban J connectivity index is 1.67. The molecule has 29 heavy (non-hydrogen) atoms. The summed E-state index contributed by atoms with van der Waals surface area (Å²) >= 11 is 0. The van der Waals surface area contributed by atoms with Gasteiger partial charge in [-0.05, 0) is 72.9 Å². The molecule has 0 saturated heterocycles. The summed E-state index contributed by atoms with van der Waals surface area (Å²) in [5.74, 6) is 2.45. The Kier molecular flexibility index (Phi) is 6.17. The first-order valence-electron chi connectivity index (χ1n) is 9.76. The van der Waals surface area contributed by atoms with Gasteiger partial charge in [-0.25, -0.2) is 4.98 Å². The summed E-state index contributed by atoms with van der Waals surface area (Å²) in [5.41, 5.74) is 8.88. The smallest absolute Gasteiger partial charge is 0.259 e. The lowest BCUT2D eigenvalue weighted by molar-refractivity contribution is 0.102. The fourth-order valence-electron chi connectivity index (χ4n) is 2.96. The van der Waals surface area contributed by atoms with Gasteiger partial charge in [-0.2, -0.15) is 0 Å². The maximum Gasteiger partial charge on any atom is 0.259 e. The molecule has 3 rings (SSSR count). The van der Waals surface area contributed by atoms with Crippen LogP contribution in [0.15, 0.2) is 60.7 Å². The van der Waals surface area contributed by atoms with Gasteiger partial charge in [0.1, 0.15) is 17.3 Å². The highest BCUT2D eigenvalue weighted by Crippen LogP contribution is 2.29. The molecule has 5 nitrogen and oxygen atoms in total. The number of nitrogen functional groups attached to an aromatic ring is 1. The minimum atomic E-state index is -0.293. The predicted octanol–water partition coefficient (Wildman–Crippen LogP) is 5.78. The molecular weight excluding hydrogens is 362 g/mol. The van der Waals surface area contributed by atoms with E-state index in [4.69, 9.17) is 10.5 Å². The number of anilines is 2. The molecule has 0 radical (unpaired) electrons. The number of carbonyl (C=O) groups excluding carboxylic acids is 1. The lowest BCUT2D eigenvalue weighted by Crippen LogP contribution is -2.15. The van der Waals surface area contributed by atoms with E-state index in [2.05, 4.69) is 43.2 Å². The summed E-state index contributed by atoms with van der Waals surface area (Å²) < 4.78 is 5.98. The monoisotopic (exact) mass is 389 g/mol. The third kappa shape index (κ3) is 5.13. The van der Waals surface area contributed by atoms with Gasteiger partial charge in [-0.15, -0.1) is 0 Å². The molecule has 0 spiro atoms. The second-order valence-corrected chi connectivity index (χ2v) is 7.57. The number of hydrogen-bond donors (Lipinski definition) is 2. The SMILES string of the molecule is Cc1ccc(C(=O)Nc2ccc(Oc3cccc(C(C)C(C)C)c3)cc2)c(N)n1. The van der Waals surface area contributed by atoms with Crippen molar-refractivity contribution in [3.05, 3.63) is 77.5 Å². The fraction of sp³-hybridized carbons (Fsp3) is 0.250. The van der Waals surface area contributed by atoms with Gasteiger partial charge in [0.15, 0.2) is 0 Å². The molecule has 3 N–H and O–H groups in total. The molecule has 1 amide bonds. The van der Waals surface area contributed by atoms with E-state index in [1.807, 2.05) is 31.2 Å². The van der Waals surface area contributed by atoms with Gasteiger partial charge in [-0.1, -0.05) is 32.9 Å². The fourth-order valence-corrected chi connectivity index (χ4v) is 2.96. The minimum absolute atomic E-state index is 0.220. The van der Waals surface area contributed by atoms with Crippen LogP contribution in [-0.4, -0.2) is 10.9 Å². The molecule has 150 valence electrons. The Morgan fingerprint density at radius 1 is 1.00 bits per heavy atom. The van der Waals surface area contributed by atoms with Crippen molar-refractivity contribution in [1.82, 2.24) is 4.98 Å². The molecule has 1 unspecified atom stereocenters. The van der Waals surface area contributed by atoms with E-state index < -0.39 is 0 Å². The van der Waals surface area contributed by atoms with Crippen LogP contribution < -0.4 is 15.8 Å². The van der Waals surface area contributed by atoms with Gasteiger partial charge in [0.05, 0.1) is 5.56 Å². The molecule has 1 atom stereocenters. The minimum Gasteiger partial charge on any atom is -0.457 e.